The molecule has 2 atom stereocenters. The molecule has 0 aliphatic rings. The molecule has 1 amide bonds. The lowest BCUT2D eigenvalue weighted by atomic mass is 9.96. The molecule has 0 saturated carbocycles. The van der Waals surface area contributed by atoms with Crippen LogP contribution in [-0.2, 0) is 22.2 Å². The predicted molar refractivity (Wildman–Crippen MR) is 92.6 cm³/mol. The molecule has 0 fully saturated rings. The zero-order valence-electron chi connectivity index (χ0n) is 13.3. The minimum Gasteiger partial charge on any atom is -0.384 e. The highest BCUT2D eigenvalue weighted by Gasteiger charge is 2.23. The number of carbonyl (C=O) groups excluding carboxylic acids is 1. The van der Waals surface area contributed by atoms with E-state index in [1.165, 1.54) is 0 Å². The molecule has 0 aliphatic heterocycles. The minimum atomic E-state index is -1.14. The Morgan fingerprint density at radius 2 is 1.87 bits per heavy atom. The second-order valence-corrected chi connectivity index (χ2v) is 7.18. The summed E-state index contributed by atoms with van der Waals surface area (Å²) in [7, 11) is -0.952. The monoisotopic (exact) mass is 331 g/mol. The van der Waals surface area contributed by atoms with Crippen LogP contribution in [0.5, 0.6) is 0 Å². The second kappa shape index (κ2) is 7.53. The van der Waals surface area contributed by atoms with Crippen molar-refractivity contribution in [1.29, 1.82) is 0 Å². The maximum atomic E-state index is 12.3. The van der Waals surface area contributed by atoms with Crippen molar-refractivity contribution in [2.75, 3.05) is 12.8 Å². The summed E-state index contributed by atoms with van der Waals surface area (Å²) in [5.41, 5.74) is 0.958. The van der Waals surface area contributed by atoms with Crippen LogP contribution in [0, 0.1) is 0 Å². The van der Waals surface area contributed by atoms with Crippen LogP contribution < -0.4 is 5.32 Å². The molecular weight excluding hydrogens is 310 g/mol. The van der Waals surface area contributed by atoms with Crippen LogP contribution in [0.15, 0.2) is 54.6 Å². The number of hydrogen-bond acceptors (Lipinski definition) is 3. The molecule has 0 spiro atoms. The third-order valence-electron chi connectivity index (χ3n) is 3.55. The van der Waals surface area contributed by atoms with Gasteiger partial charge in [-0.3, -0.25) is 9.00 Å². The molecule has 0 bridgehead atoms. The Labute approximate surface area is 139 Å². The Balaban J connectivity index is 2.03. The summed E-state index contributed by atoms with van der Waals surface area (Å²) in [5, 5.41) is 13.3. The van der Waals surface area contributed by atoms with Gasteiger partial charge in [0, 0.05) is 28.4 Å². The van der Waals surface area contributed by atoms with Crippen LogP contribution in [0.3, 0.4) is 0 Å². The molecule has 122 valence electrons. The molecule has 5 heteroatoms. The van der Waals surface area contributed by atoms with Crippen molar-refractivity contribution in [1.82, 2.24) is 5.32 Å². The highest BCUT2D eigenvalue weighted by atomic mass is 32.2. The van der Waals surface area contributed by atoms with E-state index in [2.05, 4.69) is 5.32 Å². The van der Waals surface area contributed by atoms with Gasteiger partial charge in [-0.25, -0.2) is 0 Å². The van der Waals surface area contributed by atoms with E-state index >= 15 is 0 Å². The fraction of sp³-hybridized carbons (Fsp3) is 0.278. The molecule has 2 N–H and O–H groups in total. The van der Waals surface area contributed by atoms with Crippen molar-refractivity contribution in [2.24, 2.45) is 0 Å². The third-order valence-corrected chi connectivity index (χ3v) is 4.29. The van der Waals surface area contributed by atoms with Gasteiger partial charge in [-0.05, 0) is 30.2 Å². The smallest absolute Gasteiger partial charge is 0.251 e. The molecule has 2 unspecified atom stereocenters. The van der Waals surface area contributed by atoms with Crippen LogP contribution in [0.25, 0.3) is 0 Å². The summed E-state index contributed by atoms with van der Waals surface area (Å²) < 4.78 is 11.3. The van der Waals surface area contributed by atoms with Gasteiger partial charge in [-0.15, -0.1) is 0 Å². The van der Waals surface area contributed by atoms with Gasteiger partial charge in [-0.1, -0.05) is 42.5 Å². The summed E-state index contributed by atoms with van der Waals surface area (Å²) in [5.74, 6) is 0.160. The first-order chi connectivity index (χ1) is 10.9. The molecule has 2 aromatic rings. The van der Waals surface area contributed by atoms with Gasteiger partial charge in [0.05, 0.1) is 6.54 Å². The lowest BCUT2D eigenvalue weighted by Crippen LogP contribution is -2.38. The minimum absolute atomic E-state index is 0.111. The molecule has 0 aliphatic carbocycles. The molecule has 23 heavy (non-hydrogen) atoms. The van der Waals surface area contributed by atoms with Crippen LogP contribution in [0.4, 0.5) is 0 Å². The van der Waals surface area contributed by atoms with Crippen molar-refractivity contribution in [2.45, 2.75) is 18.3 Å². The van der Waals surface area contributed by atoms with Crippen molar-refractivity contribution in [3.63, 3.8) is 0 Å². The van der Waals surface area contributed by atoms with Gasteiger partial charge in [0.1, 0.15) is 5.60 Å². The lowest BCUT2D eigenvalue weighted by molar-refractivity contribution is 0.0526. The first-order valence-corrected chi connectivity index (χ1v) is 9.06. The average molecular weight is 331 g/mol. The zero-order chi connectivity index (χ0) is 16.9. The number of hydrogen-bond donors (Lipinski definition) is 2. The molecule has 0 heterocycles. The molecular formula is C18H21NO3S. The van der Waals surface area contributed by atoms with Gasteiger partial charge >= 0.3 is 0 Å². The summed E-state index contributed by atoms with van der Waals surface area (Å²) in [6, 6.07) is 16.3. The van der Waals surface area contributed by atoms with Crippen molar-refractivity contribution in [3.05, 3.63) is 71.3 Å². The van der Waals surface area contributed by atoms with E-state index in [1.54, 1.807) is 31.4 Å². The van der Waals surface area contributed by atoms with Crippen LogP contribution in [0.2, 0.25) is 0 Å². The first kappa shape index (κ1) is 17.4. The summed E-state index contributed by atoms with van der Waals surface area (Å²) in [6.45, 7) is 1.78. The normalized spacial score (nSPS) is 14.7. The number of carbonyl (C=O) groups is 1. The Morgan fingerprint density at radius 3 is 2.52 bits per heavy atom. The molecule has 0 saturated heterocycles. The quantitative estimate of drug-likeness (QED) is 0.853. The van der Waals surface area contributed by atoms with E-state index in [0.29, 0.717) is 11.3 Å². The van der Waals surface area contributed by atoms with Gasteiger partial charge in [-0.2, -0.15) is 0 Å². The lowest BCUT2D eigenvalue weighted by Gasteiger charge is -2.24. The molecule has 2 rings (SSSR count). The van der Waals surface area contributed by atoms with Crippen LogP contribution in [0.1, 0.15) is 28.4 Å². The molecule has 0 radical (unpaired) electrons. The fourth-order valence-electron chi connectivity index (χ4n) is 2.29. The van der Waals surface area contributed by atoms with Crippen molar-refractivity contribution in [3.8, 4) is 0 Å². The maximum Gasteiger partial charge on any atom is 0.251 e. The Morgan fingerprint density at radius 1 is 1.17 bits per heavy atom. The van der Waals surface area contributed by atoms with Crippen molar-refractivity contribution < 1.29 is 14.1 Å². The van der Waals surface area contributed by atoms with E-state index in [0.717, 1.165) is 11.1 Å². The summed E-state index contributed by atoms with van der Waals surface area (Å²) >= 11 is 0. The highest BCUT2D eigenvalue weighted by Crippen LogP contribution is 2.19. The topological polar surface area (TPSA) is 66.4 Å². The van der Waals surface area contributed by atoms with Gasteiger partial charge < -0.3 is 10.4 Å². The molecule has 2 aromatic carbocycles. The molecule has 4 nitrogen and oxygen atoms in total. The third kappa shape index (κ3) is 5.01. The Hall–Kier alpha value is -1.98. The van der Waals surface area contributed by atoms with E-state index < -0.39 is 16.4 Å². The first-order valence-electron chi connectivity index (χ1n) is 7.33. The standard InChI is InChI=1S/C18H21NO3S/c1-18(21,16-9-4-3-5-10-16)13-19-17(20)15-8-6-7-14(11-15)12-23(2)22/h3-11,21H,12-13H2,1-2H3,(H,19,20). The predicted octanol–water partition coefficient (Wildman–Crippen LogP) is 2.20. The summed E-state index contributed by atoms with van der Waals surface area (Å²) in [6.07, 6.45) is 1.63. The largest absolute Gasteiger partial charge is 0.384 e. The van der Waals surface area contributed by atoms with Crippen LogP contribution in [-0.4, -0.2) is 28.0 Å². The Kier molecular flexibility index (Phi) is 5.69. The number of benzene rings is 2. The zero-order valence-corrected chi connectivity index (χ0v) is 14.1. The van der Waals surface area contributed by atoms with E-state index in [9.17, 15) is 14.1 Å². The van der Waals surface area contributed by atoms with Crippen molar-refractivity contribution >= 4 is 16.7 Å². The number of nitrogens with one attached hydrogen (secondary N) is 1. The number of rotatable bonds is 6. The number of amides is 1. The van der Waals surface area contributed by atoms with Gasteiger partial charge in [0.2, 0.25) is 0 Å². The van der Waals surface area contributed by atoms with Gasteiger partial charge in [0.15, 0.2) is 0 Å². The maximum absolute atomic E-state index is 12.3. The van der Waals surface area contributed by atoms with E-state index in [1.807, 2.05) is 36.4 Å². The van der Waals surface area contributed by atoms with Crippen LogP contribution >= 0.6 is 0 Å². The second-order valence-electron chi connectivity index (χ2n) is 5.74. The highest BCUT2D eigenvalue weighted by molar-refractivity contribution is 7.83. The Bertz CT molecular complexity index is 698. The summed E-state index contributed by atoms with van der Waals surface area (Å²) in [4.78, 5) is 12.3. The molecule has 0 aromatic heterocycles. The van der Waals surface area contributed by atoms with E-state index in [4.69, 9.17) is 0 Å². The number of aliphatic hydroxyl groups is 1. The average Bonchev–Trinajstić information content (AvgIpc) is 2.53. The van der Waals surface area contributed by atoms with Gasteiger partial charge in [0.25, 0.3) is 5.91 Å². The fourth-order valence-corrected chi connectivity index (χ4v) is 2.94. The SMILES string of the molecule is CS(=O)Cc1cccc(C(=O)NCC(C)(O)c2ccccc2)c1. The van der Waals surface area contributed by atoms with E-state index in [-0.39, 0.29) is 12.5 Å².